The molecule has 0 aliphatic rings. The number of nitrogens with one attached hydrogen (secondary N) is 1. The number of amides is 1. The number of hydrogen-bond donors (Lipinski definition) is 1. The zero-order valence-electron chi connectivity index (χ0n) is 12.8. The molecule has 0 radical (unpaired) electrons. The monoisotopic (exact) mass is 345 g/mol. The summed E-state index contributed by atoms with van der Waals surface area (Å²) in [6, 6.07) is 2.22. The Balaban J connectivity index is 1.89. The highest BCUT2D eigenvalue weighted by Crippen LogP contribution is 2.22. The van der Waals surface area contributed by atoms with E-state index in [4.69, 9.17) is 9.15 Å². The number of hydrogen-bond acceptors (Lipinski definition) is 6. The minimum Gasteiger partial charge on any atom is -0.486 e. The molecule has 10 heteroatoms. The van der Waals surface area contributed by atoms with E-state index in [0.717, 1.165) is 12.3 Å². The van der Waals surface area contributed by atoms with Gasteiger partial charge in [-0.3, -0.25) is 4.79 Å². The molecule has 0 aliphatic carbocycles. The van der Waals surface area contributed by atoms with Gasteiger partial charge in [0.05, 0.1) is 6.20 Å². The van der Waals surface area contributed by atoms with Gasteiger partial charge in [0, 0.05) is 12.1 Å². The summed E-state index contributed by atoms with van der Waals surface area (Å²) in [6.45, 7) is 3.55. The van der Waals surface area contributed by atoms with Gasteiger partial charge >= 0.3 is 12.3 Å². The average molecular weight is 345 g/mol. The summed E-state index contributed by atoms with van der Waals surface area (Å²) < 4.78 is 50.0. The second kappa shape index (κ2) is 7.20. The molecule has 0 bridgehead atoms. The molecule has 0 unspecified atom stereocenters. The van der Waals surface area contributed by atoms with Crippen LogP contribution in [0.2, 0.25) is 0 Å². The van der Waals surface area contributed by atoms with Crippen molar-refractivity contribution in [2.45, 2.75) is 32.9 Å². The summed E-state index contributed by atoms with van der Waals surface area (Å²) in [7, 11) is 0. The average Bonchev–Trinajstić information content (AvgIpc) is 2.93. The van der Waals surface area contributed by atoms with Gasteiger partial charge in [-0.2, -0.15) is 0 Å². The Morgan fingerprint density at radius 2 is 2.12 bits per heavy atom. The third-order valence-corrected chi connectivity index (χ3v) is 2.48. The molecule has 0 atom stereocenters. The van der Waals surface area contributed by atoms with Gasteiger partial charge in [0.2, 0.25) is 5.88 Å². The number of pyridine rings is 1. The van der Waals surface area contributed by atoms with E-state index >= 15 is 0 Å². The molecule has 1 N–H and O–H groups in total. The largest absolute Gasteiger partial charge is 0.574 e. The Hall–Kier alpha value is -2.78. The smallest absolute Gasteiger partial charge is 0.486 e. The fourth-order valence-corrected chi connectivity index (χ4v) is 1.59. The van der Waals surface area contributed by atoms with Gasteiger partial charge in [-0.15, -0.1) is 13.2 Å². The number of carbonyl (C=O) groups excluding carboxylic acids is 1. The lowest BCUT2D eigenvalue weighted by molar-refractivity contribution is -0.276. The molecule has 0 saturated heterocycles. The minimum absolute atomic E-state index is 0.0421. The quantitative estimate of drug-likeness (QED) is 0.866. The minimum atomic E-state index is -4.80. The van der Waals surface area contributed by atoms with E-state index in [9.17, 15) is 18.0 Å². The lowest BCUT2D eigenvalue weighted by Gasteiger charge is -2.08. The maximum Gasteiger partial charge on any atom is 0.574 e. The van der Waals surface area contributed by atoms with E-state index in [0.29, 0.717) is 5.69 Å². The zero-order valence-corrected chi connectivity index (χ0v) is 12.8. The predicted molar refractivity (Wildman–Crippen MR) is 74.4 cm³/mol. The first kappa shape index (κ1) is 17.6. The molecular weight excluding hydrogens is 331 g/mol. The second-order valence-corrected chi connectivity index (χ2v) is 4.94. The van der Waals surface area contributed by atoms with Gasteiger partial charge in [-0.25, -0.2) is 9.97 Å². The zero-order chi connectivity index (χ0) is 17.7. The Morgan fingerprint density at radius 1 is 1.38 bits per heavy atom. The first-order valence-corrected chi connectivity index (χ1v) is 6.83. The number of carbonyl (C=O) groups is 1. The number of rotatable bonds is 6. The van der Waals surface area contributed by atoms with Gasteiger partial charge < -0.3 is 19.2 Å². The number of aromatic nitrogens is 2. The van der Waals surface area contributed by atoms with Crippen LogP contribution in [0.5, 0.6) is 11.6 Å². The highest BCUT2D eigenvalue weighted by atomic mass is 19.4. The predicted octanol–water partition coefficient (Wildman–Crippen LogP) is 2.69. The normalized spacial score (nSPS) is 11.4. The third-order valence-electron chi connectivity index (χ3n) is 2.48. The summed E-state index contributed by atoms with van der Waals surface area (Å²) in [5, 5.41) is 2.62. The van der Waals surface area contributed by atoms with Crippen LogP contribution in [0.25, 0.3) is 0 Å². The maximum absolute atomic E-state index is 12.0. The van der Waals surface area contributed by atoms with Crippen LogP contribution in [0.4, 0.5) is 13.2 Å². The lowest BCUT2D eigenvalue weighted by Crippen LogP contribution is -2.30. The number of halogens is 3. The van der Waals surface area contributed by atoms with Crippen LogP contribution in [0.15, 0.2) is 29.0 Å². The fraction of sp³-hybridized carbons (Fsp3) is 0.357. The molecule has 0 fully saturated rings. The molecule has 130 valence electrons. The van der Waals surface area contributed by atoms with Gasteiger partial charge in [-0.1, -0.05) is 0 Å². The van der Waals surface area contributed by atoms with Crippen LogP contribution in [-0.2, 0) is 6.61 Å². The van der Waals surface area contributed by atoms with E-state index in [1.54, 1.807) is 13.8 Å². The SMILES string of the molecule is CC(C)NC(=O)c1nc(COc2ccc(OC(F)(F)F)nc2)co1. The van der Waals surface area contributed by atoms with Crippen LogP contribution in [0, 0.1) is 0 Å². The van der Waals surface area contributed by atoms with Crippen molar-refractivity contribution in [2.24, 2.45) is 0 Å². The standard InChI is InChI=1S/C14H14F3N3O4/c1-8(2)19-12(21)13-20-9(7-23-13)6-22-10-3-4-11(18-5-10)24-14(15,16)17/h3-5,7-8H,6H2,1-2H3,(H,19,21). The molecule has 0 aliphatic heterocycles. The highest BCUT2D eigenvalue weighted by Gasteiger charge is 2.31. The van der Waals surface area contributed by atoms with Crippen LogP contribution in [0.3, 0.4) is 0 Å². The summed E-state index contributed by atoms with van der Waals surface area (Å²) >= 11 is 0. The van der Waals surface area contributed by atoms with Gasteiger partial charge in [0.1, 0.15) is 24.3 Å². The van der Waals surface area contributed by atoms with Crippen LogP contribution < -0.4 is 14.8 Å². The summed E-state index contributed by atoms with van der Waals surface area (Å²) in [4.78, 5) is 19.1. The molecule has 2 aromatic rings. The Labute approximate surface area is 134 Å². The molecule has 0 spiro atoms. The second-order valence-electron chi connectivity index (χ2n) is 4.94. The molecule has 0 saturated carbocycles. The van der Waals surface area contributed by atoms with E-state index < -0.39 is 18.1 Å². The van der Waals surface area contributed by atoms with Crippen molar-refractivity contribution in [3.8, 4) is 11.6 Å². The lowest BCUT2D eigenvalue weighted by atomic mass is 10.4. The molecule has 2 aromatic heterocycles. The molecule has 2 heterocycles. The van der Waals surface area contributed by atoms with E-state index in [2.05, 4.69) is 20.0 Å². The molecule has 1 amide bonds. The number of alkyl halides is 3. The van der Waals surface area contributed by atoms with Crippen molar-refractivity contribution in [1.82, 2.24) is 15.3 Å². The third kappa shape index (κ3) is 5.45. The number of ether oxygens (including phenoxy) is 2. The highest BCUT2D eigenvalue weighted by molar-refractivity contribution is 5.89. The Kier molecular flexibility index (Phi) is 5.27. The summed E-state index contributed by atoms with van der Waals surface area (Å²) in [5.74, 6) is -0.939. The Bertz CT molecular complexity index is 683. The molecular formula is C14H14F3N3O4. The van der Waals surface area contributed by atoms with E-state index in [-0.39, 0.29) is 24.3 Å². The van der Waals surface area contributed by atoms with Crippen molar-refractivity contribution in [2.75, 3.05) is 0 Å². The Morgan fingerprint density at radius 3 is 2.71 bits per heavy atom. The van der Waals surface area contributed by atoms with Crippen molar-refractivity contribution >= 4 is 5.91 Å². The van der Waals surface area contributed by atoms with Crippen molar-refractivity contribution in [3.63, 3.8) is 0 Å². The van der Waals surface area contributed by atoms with Crippen LogP contribution >= 0.6 is 0 Å². The van der Waals surface area contributed by atoms with E-state index in [1.165, 1.54) is 12.3 Å². The van der Waals surface area contributed by atoms with Crippen molar-refractivity contribution < 1.29 is 31.9 Å². The molecule has 2 rings (SSSR count). The molecule has 7 nitrogen and oxygen atoms in total. The maximum atomic E-state index is 12.0. The summed E-state index contributed by atoms with van der Waals surface area (Å²) in [6.07, 6.45) is -2.47. The van der Waals surface area contributed by atoms with Crippen molar-refractivity contribution in [3.05, 3.63) is 36.2 Å². The topological polar surface area (TPSA) is 86.5 Å². The van der Waals surface area contributed by atoms with Gasteiger partial charge in [0.15, 0.2) is 0 Å². The first-order chi connectivity index (χ1) is 11.2. The first-order valence-electron chi connectivity index (χ1n) is 6.83. The number of nitrogens with zero attached hydrogens (tertiary/aromatic N) is 2. The molecule has 0 aromatic carbocycles. The van der Waals surface area contributed by atoms with Crippen molar-refractivity contribution in [1.29, 1.82) is 0 Å². The van der Waals surface area contributed by atoms with Crippen LogP contribution in [0.1, 0.15) is 30.2 Å². The number of oxazole rings is 1. The van der Waals surface area contributed by atoms with Gasteiger partial charge in [0.25, 0.3) is 5.89 Å². The van der Waals surface area contributed by atoms with E-state index in [1.807, 2.05) is 0 Å². The van der Waals surface area contributed by atoms with Crippen LogP contribution in [-0.4, -0.2) is 28.3 Å². The summed E-state index contributed by atoms with van der Waals surface area (Å²) in [5.41, 5.74) is 0.347. The fourth-order valence-electron chi connectivity index (χ4n) is 1.59. The molecule has 24 heavy (non-hydrogen) atoms. The van der Waals surface area contributed by atoms with Gasteiger partial charge in [-0.05, 0) is 19.9 Å².